The summed E-state index contributed by atoms with van der Waals surface area (Å²) in [6.07, 6.45) is 0. The summed E-state index contributed by atoms with van der Waals surface area (Å²) in [5.74, 6) is 0.748. The summed E-state index contributed by atoms with van der Waals surface area (Å²) in [6.45, 7) is 8.01. The van der Waals surface area contributed by atoms with Crippen molar-refractivity contribution in [2.45, 2.75) is 13.8 Å². The summed E-state index contributed by atoms with van der Waals surface area (Å²) >= 11 is 0. The van der Waals surface area contributed by atoms with Gasteiger partial charge < -0.3 is 20.7 Å². The SMILES string of the molecule is CCNC(=NCCOCC)NCCNc1ccc([N+](=O)[O-])cc1. The number of benzene rings is 1. The predicted molar refractivity (Wildman–Crippen MR) is 92.1 cm³/mol. The topological polar surface area (TPSA) is 101 Å². The summed E-state index contributed by atoms with van der Waals surface area (Å²) in [4.78, 5) is 14.6. The van der Waals surface area contributed by atoms with Gasteiger partial charge in [0.2, 0.25) is 0 Å². The van der Waals surface area contributed by atoms with Crippen LogP contribution in [-0.4, -0.2) is 50.3 Å². The van der Waals surface area contributed by atoms with Crippen molar-refractivity contribution in [2.75, 3.05) is 44.7 Å². The molecular formula is C15H25N5O3. The number of hydrogen-bond acceptors (Lipinski definition) is 5. The quantitative estimate of drug-likeness (QED) is 0.199. The van der Waals surface area contributed by atoms with Gasteiger partial charge >= 0.3 is 0 Å². The average molecular weight is 323 g/mol. The summed E-state index contributed by atoms with van der Waals surface area (Å²) in [6, 6.07) is 6.35. The first-order valence-electron chi connectivity index (χ1n) is 7.75. The van der Waals surface area contributed by atoms with E-state index in [0.29, 0.717) is 32.8 Å². The predicted octanol–water partition coefficient (Wildman–Crippen LogP) is 1.60. The zero-order valence-electron chi connectivity index (χ0n) is 13.7. The smallest absolute Gasteiger partial charge is 0.269 e. The van der Waals surface area contributed by atoms with E-state index in [1.165, 1.54) is 12.1 Å². The molecule has 0 amide bonds. The molecule has 0 spiro atoms. The van der Waals surface area contributed by atoms with Crippen molar-refractivity contribution in [1.82, 2.24) is 10.6 Å². The molecule has 0 fully saturated rings. The minimum Gasteiger partial charge on any atom is -0.383 e. The molecule has 1 aromatic rings. The van der Waals surface area contributed by atoms with Crippen LogP contribution in [0.2, 0.25) is 0 Å². The molecule has 0 aliphatic heterocycles. The summed E-state index contributed by atoms with van der Waals surface area (Å²) < 4.78 is 5.25. The highest BCUT2D eigenvalue weighted by Crippen LogP contribution is 2.14. The second-order valence-electron chi connectivity index (χ2n) is 4.62. The number of rotatable bonds is 10. The van der Waals surface area contributed by atoms with Gasteiger partial charge in [-0.1, -0.05) is 0 Å². The number of guanidine groups is 1. The number of non-ortho nitro benzene ring substituents is 1. The maximum Gasteiger partial charge on any atom is 0.269 e. The molecule has 8 heteroatoms. The minimum absolute atomic E-state index is 0.0875. The molecule has 1 aromatic carbocycles. The number of nitro benzene ring substituents is 1. The maximum atomic E-state index is 10.6. The number of nitro groups is 1. The Hall–Kier alpha value is -2.35. The van der Waals surface area contributed by atoms with Crippen molar-refractivity contribution in [1.29, 1.82) is 0 Å². The lowest BCUT2D eigenvalue weighted by molar-refractivity contribution is -0.384. The lowest BCUT2D eigenvalue weighted by atomic mass is 10.3. The Kier molecular flexibility index (Phi) is 9.14. The normalized spacial score (nSPS) is 11.1. The summed E-state index contributed by atoms with van der Waals surface area (Å²) in [7, 11) is 0. The van der Waals surface area contributed by atoms with Crippen molar-refractivity contribution in [3.63, 3.8) is 0 Å². The molecule has 0 unspecified atom stereocenters. The van der Waals surface area contributed by atoms with E-state index in [1.54, 1.807) is 12.1 Å². The summed E-state index contributed by atoms with van der Waals surface area (Å²) in [5, 5.41) is 20.1. The molecule has 0 aliphatic carbocycles. The van der Waals surface area contributed by atoms with Crippen molar-refractivity contribution in [3.05, 3.63) is 34.4 Å². The van der Waals surface area contributed by atoms with Crippen LogP contribution in [0, 0.1) is 10.1 Å². The van der Waals surface area contributed by atoms with Gasteiger partial charge in [0, 0.05) is 44.1 Å². The first-order valence-corrected chi connectivity index (χ1v) is 7.75. The number of anilines is 1. The van der Waals surface area contributed by atoms with Crippen LogP contribution in [0.1, 0.15) is 13.8 Å². The first kappa shape index (κ1) is 18.7. The van der Waals surface area contributed by atoms with Gasteiger partial charge in [0.05, 0.1) is 18.1 Å². The molecule has 0 saturated heterocycles. The third-order valence-corrected chi connectivity index (χ3v) is 2.88. The molecule has 23 heavy (non-hydrogen) atoms. The van der Waals surface area contributed by atoms with Gasteiger partial charge in [-0.25, -0.2) is 0 Å². The van der Waals surface area contributed by atoms with Crippen molar-refractivity contribution < 1.29 is 9.66 Å². The van der Waals surface area contributed by atoms with Crippen LogP contribution in [0.4, 0.5) is 11.4 Å². The van der Waals surface area contributed by atoms with Crippen LogP contribution >= 0.6 is 0 Å². The Morgan fingerprint density at radius 1 is 1.22 bits per heavy atom. The van der Waals surface area contributed by atoms with Crippen LogP contribution in [-0.2, 0) is 4.74 Å². The molecule has 0 atom stereocenters. The van der Waals surface area contributed by atoms with Crippen molar-refractivity contribution in [2.24, 2.45) is 4.99 Å². The molecule has 8 nitrogen and oxygen atoms in total. The summed E-state index contributed by atoms with van der Waals surface area (Å²) in [5.41, 5.74) is 0.931. The van der Waals surface area contributed by atoms with Gasteiger partial charge in [0.1, 0.15) is 0 Å². The third kappa shape index (κ3) is 8.01. The molecular weight excluding hydrogens is 298 g/mol. The van der Waals surface area contributed by atoms with Gasteiger partial charge in [-0.2, -0.15) is 0 Å². The standard InChI is InChI=1S/C15H25N5O3/c1-3-16-15(19-11-12-23-4-2)18-10-9-17-13-5-7-14(8-6-13)20(21)22/h5-8,17H,3-4,9-12H2,1-2H3,(H2,16,18,19). The van der Waals surface area contributed by atoms with Crippen LogP contribution in [0.3, 0.4) is 0 Å². The zero-order chi connectivity index (χ0) is 16.9. The first-order chi connectivity index (χ1) is 11.2. The van der Waals surface area contributed by atoms with Crippen molar-refractivity contribution >= 4 is 17.3 Å². The van der Waals surface area contributed by atoms with Crippen LogP contribution in [0.5, 0.6) is 0 Å². The molecule has 0 radical (unpaired) electrons. The minimum atomic E-state index is -0.410. The van der Waals surface area contributed by atoms with E-state index < -0.39 is 4.92 Å². The van der Waals surface area contributed by atoms with Crippen LogP contribution < -0.4 is 16.0 Å². The van der Waals surface area contributed by atoms with Gasteiger partial charge in [-0.15, -0.1) is 0 Å². The van der Waals surface area contributed by atoms with E-state index in [2.05, 4.69) is 20.9 Å². The van der Waals surface area contributed by atoms with Crippen molar-refractivity contribution in [3.8, 4) is 0 Å². The van der Waals surface area contributed by atoms with Gasteiger partial charge in [0.25, 0.3) is 5.69 Å². The highest BCUT2D eigenvalue weighted by molar-refractivity contribution is 5.79. The van der Waals surface area contributed by atoms with E-state index in [-0.39, 0.29) is 5.69 Å². The van der Waals surface area contributed by atoms with E-state index in [4.69, 9.17) is 4.74 Å². The highest BCUT2D eigenvalue weighted by Gasteiger charge is 2.03. The molecule has 3 N–H and O–H groups in total. The molecule has 0 saturated carbocycles. The monoisotopic (exact) mass is 323 g/mol. The second-order valence-corrected chi connectivity index (χ2v) is 4.62. The highest BCUT2D eigenvalue weighted by atomic mass is 16.6. The molecule has 128 valence electrons. The molecule has 0 aliphatic rings. The van der Waals surface area contributed by atoms with E-state index in [0.717, 1.165) is 18.2 Å². The number of ether oxygens (including phenoxy) is 1. The van der Waals surface area contributed by atoms with Crippen LogP contribution in [0.15, 0.2) is 29.3 Å². The van der Waals surface area contributed by atoms with Gasteiger partial charge in [-0.05, 0) is 26.0 Å². The number of nitrogens with one attached hydrogen (secondary N) is 3. The molecule has 0 heterocycles. The lowest BCUT2D eigenvalue weighted by Gasteiger charge is -2.12. The largest absolute Gasteiger partial charge is 0.383 e. The second kappa shape index (κ2) is 11.2. The van der Waals surface area contributed by atoms with Gasteiger partial charge in [0.15, 0.2) is 5.96 Å². The third-order valence-electron chi connectivity index (χ3n) is 2.88. The maximum absolute atomic E-state index is 10.6. The zero-order valence-corrected chi connectivity index (χ0v) is 13.7. The van der Waals surface area contributed by atoms with Gasteiger partial charge in [-0.3, -0.25) is 15.1 Å². The fourth-order valence-corrected chi connectivity index (χ4v) is 1.80. The molecule has 0 bridgehead atoms. The van der Waals surface area contributed by atoms with E-state index in [1.807, 2.05) is 13.8 Å². The van der Waals surface area contributed by atoms with E-state index in [9.17, 15) is 10.1 Å². The Bertz CT molecular complexity index is 490. The number of hydrogen-bond donors (Lipinski definition) is 3. The average Bonchev–Trinajstić information content (AvgIpc) is 2.55. The number of nitrogens with zero attached hydrogens (tertiary/aromatic N) is 2. The Balaban J connectivity index is 2.31. The number of aliphatic imine (C=N–C) groups is 1. The Labute approximate surface area is 136 Å². The Morgan fingerprint density at radius 2 is 1.96 bits per heavy atom. The fourth-order valence-electron chi connectivity index (χ4n) is 1.80. The molecule has 1 rings (SSSR count). The van der Waals surface area contributed by atoms with E-state index >= 15 is 0 Å². The molecule has 0 aromatic heterocycles. The lowest BCUT2D eigenvalue weighted by Crippen LogP contribution is -2.39. The van der Waals surface area contributed by atoms with Crippen LogP contribution in [0.25, 0.3) is 0 Å². The Morgan fingerprint density at radius 3 is 2.57 bits per heavy atom. The fraction of sp³-hybridized carbons (Fsp3) is 0.533.